The second kappa shape index (κ2) is 6.86. The highest BCUT2D eigenvalue weighted by Crippen LogP contribution is 2.45. The van der Waals surface area contributed by atoms with Gasteiger partial charge in [0.25, 0.3) is 0 Å². The quantitative estimate of drug-likeness (QED) is 0.457. The Morgan fingerprint density at radius 1 is 0.826 bits per heavy atom. The fourth-order valence-electron chi connectivity index (χ4n) is 2.19. The molecule has 23 heavy (non-hydrogen) atoms. The summed E-state index contributed by atoms with van der Waals surface area (Å²) in [5.74, 6) is -2.18. The number of benzene rings is 2. The van der Waals surface area contributed by atoms with Gasteiger partial charge in [0.15, 0.2) is 23.0 Å². The second-order valence-corrected chi connectivity index (χ2v) is 6.46. The van der Waals surface area contributed by atoms with E-state index in [-0.39, 0.29) is 29.0 Å². The number of hydrogen-bond acceptors (Lipinski definition) is 6. The molecular formula is C15H14Br2O6. The van der Waals surface area contributed by atoms with Crippen molar-refractivity contribution in [3.63, 3.8) is 0 Å². The lowest BCUT2D eigenvalue weighted by atomic mass is 9.97. The summed E-state index contributed by atoms with van der Waals surface area (Å²) >= 11 is 6.46. The molecule has 8 heteroatoms. The first-order valence-corrected chi connectivity index (χ1v) is 7.99. The minimum Gasteiger partial charge on any atom is -0.504 e. The van der Waals surface area contributed by atoms with E-state index in [1.165, 1.54) is 19.2 Å². The third-order valence-corrected chi connectivity index (χ3v) is 5.56. The van der Waals surface area contributed by atoms with Crippen LogP contribution in [0.5, 0.6) is 28.7 Å². The van der Waals surface area contributed by atoms with E-state index < -0.39 is 17.2 Å². The van der Waals surface area contributed by atoms with E-state index in [4.69, 9.17) is 4.74 Å². The summed E-state index contributed by atoms with van der Waals surface area (Å²) in [7, 11) is 1.46. The molecule has 0 fully saturated rings. The standard InChI is InChI=1S/C15H14Br2O6/c1-23-5-7-4-10(19)15(22)13(20)8(7)2-6-3-9(18)14(21)12(17)11(6)16/h3-4,18-22H,2,5H2,1H3. The molecule has 0 saturated heterocycles. The maximum atomic E-state index is 10.1. The summed E-state index contributed by atoms with van der Waals surface area (Å²) < 4.78 is 5.79. The van der Waals surface area contributed by atoms with E-state index >= 15 is 0 Å². The third kappa shape index (κ3) is 3.34. The Hall–Kier alpha value is -1.64. The molecule has 2 rings (SSSR count). The summed E-state index contributed by atoms with van der Waals surface area (Å²) in [6.45, 7) is 0.111. The molecule has 6 nitrogen and oxygen atoms in total. The van der Waals surface area contributed by atoms with Crippen LogP contribution in [0.4, 0.5) is 0 Å². The number of halogens is 2. The van der Waals surface area contributed by atoms with Crippen molar-refractivity contribution in [1.82, 2.24) is 0 Å². The molecular weight excluding hydrogens is 436 g/mol. The molecule has 0 aliphatic rings. The highest BCUT2D eigenvalue weighted by atomic mass is 79.9. The lowest BCUT2D eigenvalue weighted by Crippen LogP contribution is -2.00. The monoisotopic (exact) mass is 448 g/mol. The van der Waals surface area contributed by atoms with Crippen LogP contribution >= 0.6 is 31.9 Å². The highest BCUT2D eigenvalue weighted by molar-refractivity contribution is 9.13. The number of hydrogen-bond donors (Lipinski definition) is 5. The maximum absolute atomic E-state index is 10.1. The van der Waals surface area contributed by atoms with Gasteiger partial charge in [0.2, 0.25) is 5.75 Å². The first kappa shape index (κ1) is 17.7. The Morgan fingerprint density at radius 3 is 2.00 bits per heavy atom. The summed E-state index contributed by atoms with van der Waals surface area (Å²) in [6, 6.07) is 2.64. The number of methoxy groups -OCH3 is 1. The lowest BCUT2D eigenvalue weighted by molar-refractivity contribution is 0.183. The van der Waals surface area contributed by atoms with Crippen molar-refractivity contribution in [3.05, 3.63) is 37.8 Å². The highest BCUT2D eigenvalue weighted by Gasteiger charge is 2.20. The van der Waals surface area contributed by atoms with Gasteiger partial charge in [-0.25, -0.2) is 0 Å². The van der Waals surface area contributed by atoms with Gasteiger partial charge in [-0.2, -0.15) is 0 Å². The molecule has 5 N–H and O–H groups in total. The smallest absolute Gasteiger partial charge is 0.200 e. The van der Waals surface area contributed by atoms with E-state index in [0.717, 1.165) is 0 Å². The van der Waals surface area contributed by atoms with Crippen molar-refractivity contribution in [2.75, 3.05) is 7.11 Å². The van der Waals surface area contributed by atoms with E-state index in [1.807, 2.05) is 0 Å². The van der Waals surface area contributed by atoms with Crippen LogP contribution in [-0.4, -0.2) is 32.6 Å². The molecule has 0 spiro atoms. The molecule has 0 atom stereocenters. The molecule has 0 amide bonds. The SMILES string of the molecule is COCc1cc(O)c(O)c(O)c1Cc1cc(O)c(O)c(Br)c1Br. The minimum atomic E-state index is -0.627. The van der Waals surface area contributed by atoms with Crippen molar-refractivity contribution in [3.8, 4) is 28.7 Å². The average Bonchev–Trinajstić information content (AvgIpc) is 2.52. The van der Waals surface area contributed by atoms with E-state index in [1.54, 1.807) is 0 Å². The Bertz CT molecular complexity index is 761. The van der Waals surface area contributed by atoms with E-state index in [9.17, 15) is 25.5 Å². The van der Waals surface area contributed by atoms with Gasteiger partial charge in [-0.1, -0.05) is 0 Å². The van der Waals surface area contributed by atoms with Crippen molar-refractivity contribution in [2.24, 2.45) is 0 Å². The van der Waals surface area contributed by atoms with E-state index in [0.29, 0.717) is 21.2 Å². The van der Waals surface area contributed by atoms with Crippen molar-refractivity contribution in [2.45, 2.75) is 13.0 Å². The van der Waals surface area contributed by atoms with Gasteiger partial charge in [0, 0.05) is 23.6 Å². The Labute approximate surface area is 148 Å². The van der Waals surface area contributed by atoms with Crippen LogP contribution in [0.25, 0.3) is 0 Å². The zero-order chi connectivity index (χ0) is 17.3. The van der Waals surface area contributed by atoms with Gasteiger partial charge in [-0.15, -0.1) is 0 Å². The molecule has 124 valence electrons. The molecule has 0 saturated carbocycles. The summed E-state index contributed by atoms with van der Waals surface area (Å²) in [4.78, 5) is 0. The van der Waals surface area contributed by atoms with Crippen LogP contribution in [0.1, 0.15) is 16.7 Å². The number of phenols is 5. The van der Waals surface area contributed by atoms with Gasteiger partial charge in [0.1, 0.15) is 0 Å². The first-order chi connectivity index (χ1) is 10.8. The van der Waals surface area contributed by atoms with Gasteiger partial charge in [-0.05, 0) is 55.1 Å². The molecule has 0 aromatic heterocycles. The molecule has 0 aliphatic heterocycles. The van der Waals surface area contributed by atoms with Gasteiger partial charge < -0.3 is 30.3 Å². The molecule has 0 radical (unpaired) electrons. The van der Waals surface area contributed by atoms with Crippen LogP contribution in [0.3, 0.4) is 0 Å². The summed E-state index contributed by atoms with van der Waals surface area (Å²) in [5.41, 5.74) is 1.36. The maximum Gasteiger partial charge on any atom is 0.200 e. The number of aromatic hydroxyl groups is 5. The second-order valence-electron chi connectivity index (χ2n) is 4.87. The van der Waals surface area contributed by atoms with Crippen LogP contribution in [-0.2, 0) is 17.8 Å². The van der Waals surface area contributed by atoms with E-state index in [2.05, 4.69) is 31.9 Å². The zero-order valence-corrected chi connectivity index (χ0v) is 15.1. The van der Waals surface area contributed by atoms with Crippen LogP contribution in [0, 0.1) is 0 Å². The van der Waals surface area contributed by atoms with Crippen molar-refractivity contribution in [1.29, 1.82) is 0 Å². The number of ether oxygens (including phenoxy) is 1. The first-order valence-electron chi connectivity index (χ1n) is 6.41. The number of phenolic OH excluding ortho intramolecular Hbond substituents is 5. The molecule has 2 aromatic rings. The molecule has 0 heterocycles. The topological polar surface area (TPSA) is 110 Å². The molecule has 2 aromatic carbocycles. The van der Waals surface area contributed by atoms with Gasteiger partial charge >= 0.3 is 0 Å². The molecule has 0 aliphatic carbocycles. The fraction of sp³-hybridized carbons (Fsp3) is 0.200. The fourth-order valence-corrected chi connectivity index (χ4v) is 3.09. The predicted molar refractivity (Wildman–Crippen MR) is 90.1 cm³/mol. The van der Waals surface area contributed by atoms with Crippen molar-refractivity contribution >= 4 is 31.9 Å². The Kier molecular flexibility index (Phi) is 5.28. The lowest BCUT2D eigenvalue weighted by Gasteiger charge is -2.15. The zero-order valence-electron chi connectivity index (χ0n) is 12.0. The third-order valence-electron chi connectivity index (χ3n) is 3.35. The summed E-state index contributed by atoms with van der Waals surface area (Å²) in [6.07, 6.45) is 0.116. The average molecular weight is 450 g/mol. The van der Waals surface area contributed by atoms with Crippen LogP contribution < -0.4 is 0 Å². The minimum absolute atomic E-state index is 0.111. The number of rotatable bonds is 4. The Balaban J connectivity index is 2.58. The van der Waals surface area contributed by atoms with Gasteiger partial charge in [0.05, 0.1) is 11.1 Å². The van der Waals surface area contributed by atoms with Gasteiger partial charge in [-0.3, -0.25) is 0 Å². The largest absolute Gasteiger partial charge is 0.504 e. The normalized spacial score (nSPS) is 10.9. The van der Waals surface area contributed by atoms with Crippen LogP contribution in [0.2, 0.25) is 0 Å². The Morgan fingerprint density at radius 2 is 1.39 bits per heavy atom. The molecule has 0 unspecified atom stereocenters. The molecule has 0 bridgehead atoms. The predicted octanol–water partition coefficient (Wildman–Crippen LogP) is 3.48. The van der Waals surface area contributed by atoms with Crippen molar-refractivity contribution < 1.29 is 30.3 Å². The summed E-state index contributed by atoms with van der Waals surface area (Å²) in [5, 5.41) is 48.9. The van der Waals surface area contributed by atoms with Crippen LogP contribution in [0.15, 0.2) is 21.1 Å².